The first-order valence-corrected chi connectivity index (χ1v) is 4.32. The average Bonchev–Trinajstić information content (AvgIpc) is 2.17. The van der Waals surface area contributed by atoms with E-state index in [2.05, 4.69) is 4.98 Å². The van der Waals surface area contributed by atoms with Crippen molar-refractivity contribution in [2.24, 2.45) is 0 Å². The molecule has 4 nitrogen and oxygen atoms in total. The van der Waals surface area contributed by atoms with Gasteiger partial charge in [0, 0.05) is 5.39 Å². The summed E-state index contributed by atoms with van der Waals surface area (Å²) in [5.74, 6) is -0.854. The second-order valence-electron chi connectivity index (χ2n) is 3.07. The van der Waals surface area contributed by atoms with Crippen molar-refractivity contribution in [3.8, 4) is 0 Å². The largest absolute Gasteiger partial charge is 0.481 e. The van der Waals surface area contributed by atoms with Gasteiger partial charge in [-0.05, 0) is 12.1 Å². The number of pyridine rings is 1. The van der Waals surface area contributed by atoms with Gasteiger partial charge in [-0.1, -0.05) is 24.3 Å². The predicted molar refractivity (Wildman–Crippen MR) is 56.7 cm³/mol. The molecular formula is C11H11NO3. The van der Waals surface area contributed by atoms with Crippen LogP contribution in [-0.2, 0) is 11.2 Å². The fourth-order valence-corrected chi connectivity index (χ4v) is 1.36. The summed E-state index contributed by atoms with van der Waals surface area (Å²) in [6.07, 6.45) is -0.0230. The molecule has 0 unspecified atom stereocenters. The highest BCUT2D eigenvalue weighted by Crippen LogP contribution is 2.11. The number of para-hydroxylation sites is 1. The van der Waals surface area contributed by atoms with Crippen molar-refractivity contribution in [3.05, 3.63) is 42.1 Å². The third kappa shape index (κ3) is 2.51. The van der Waals surface area contributed by atoms with Crippen molar-refractivity contribution in [2.45, 2.75) is 6.42 Å². The molecule has 0 atom stereocenters. The van der Waals surface area contributed by atoms with Crippen LogP contribution in [0.2, 0.25) is 0 Å². The number of hydrogen-bond donors (Lipinski definition) is 1. The number of aromatic nitrogens is 1. The van der Waals surface area contributed by atoms with E-state index in [9.17, 15) is 4.79 Å². The normalized spacial score (nSPS) is 9.60. The van der Waals surface area contributed by atoms with Gasteiger partial charge in [0.15, 0.2) is 0 Å². The zero-order valence-electron chi connectivity index (χ0n) is 7.97. The quantitative estimate of drug-likeness (QED) is 0.795. The number of aliphatic carboxylic acids is 1. The topological polar surface area (TPSA) is 81.7 Å². The molecule has 0 bridgehead atoms. The molecule has 0 amide bonds. The molecule has 1 heterocycles. The lowest BCUT2D eigenvalue weighted by Gasteiger charge is -1.99. The molecule has 0 radical (unpaired) electrons. The standard InChI is InChI=1S/C11H9NO2.H2O/c13-11(14)7-9-6-5-8-3-1-2-4-10(8)12-9;/h1-6H,7H2,(H,13,14);1H2. The number of rotatable bonds is 2. The third-order valence-electron chi connectivity index (χ3n) is 1.99. The third-order valence-corrected chi connectivity index (χ3v) is 1.99. The average molecular weight is 205 g/mol. The van der Waals surface area contributed by atoms with E-state index in [-0.39, 0.29) is 11.9 Å². The van der Waals surface area contributed by atoms with Crippen LogP contribution in [-0.4, -0.2) is 21.5 Å². The maximum Gasteiger partial charge on any atom is 0.309 e. The number of hydrogen-bond acceptors (Lipinski definition) is 2. The molecule has 0 fully saturated rings. The minimum absolute atomic E-state index is 0. The summed E-state index contributed by atoms with van der Waals surface area (Å²) in [6.45, 7) is 0. The number of nitrogens with zero attached hydrogens (tertiary/aromatic N) is 1. The van der Waals surface area contributed by atoms with E-state index < -0.39 is 5.97 Å². The fourth-order valence-electron chi connectivity index (χ4n) is 1.36. The monoisotopic (exact) mass is 205 g/mol. The highest BCUT2D eigenvalue weighted by molar-refractivity contribution is 5.79. The van der Waals surface area contributed by atoms with Crippen LogP contribution in [0, 0.1) is 0 Å². The Morgan fingerprint density at radius 1 is 1.20 bits per heavy atom. The Hall–Kier alpha value is -1.94. The van der Waals surface area contributed by atoms with Gasteiger partial charge >= 0.3 is 5.97 Å². The van der Waals surface area contributed by atoms with E-state index in [1.54, 1.807) is 6.07 Å². The van der Waals surface area contributed by atoms with Crippen LogP contribution in [0.4, 0.5) is 0 Å². The van der Waals surface area contributed by atoms with E-state index in [1.807, 2.05) is 30.3 Å². The molecule has 78 valence electrons. The van der Waals surface area contributed by atoms with Crippen molar-refractivity contribution < 1.29 is 15.4 Å². The van der Waals surface area contributed by atoms with Crippen molar-refractivity contribution in [3.63, 3.8) is 0 Å². The van der Waals surface area contributed by atoms with Crippen molar-refractivity contribution >= 4 is 16.9 Å². The number of carbonyl (C=O) groups is 1. The molecule has 0 saturated heterocycles. The van der Waals surface area contributed by atoms with Crippen molar-refractivity contribution in [1.82, 2.24) is 4.98 Å². The molecule has 0 aliphatic rings. The van der Waals surface area contributed by atoms with Gasteiger partial charge in [-0.3, -0.25) is 9.78 Å². The maximum absolute atomic E-state index is 10.5. The van der Waals surface area contributed by atoms with Crippen LogP contribution in [0.5, 0.6) is 0 Å². The van der Waals surface area contributed by atoms with Crippen LogP contribution >= 0.6 is 0 Å². The molecule has 0 aliphatic carbocycles. The first-order valence-electron chi connectivity index (χ1n) is 4.32. The number of fused-ring (bicyclic) bond motifs is 1. The highest BCUT2D eigenvalue weighted by Gasteiger charge is 2.02. The smallest absolute Gasteiger partial charge is 0.309 e. The molecule has 0 saturated carbocycles. The minimum Gasteiger partial charge on any atom is -0.481 e. The van der Waals surface area contributed by atoms with Gasteiger partial charge in [0.1, 0.15) is 0 Å². The molecule has 1 aromatic carbocycles. The SMILES string of the molecule is O.O=C(O)Cc1ccc2ccccc2n1. The minimum atomic E-state index is -0.854. The molecule has 1 aromatic heterocycles. The molecule has 0 aliphatic heterocycles. The van der Waals surface area contributed by atoms with Crippen molar-refractivity contribution in [2.75, 3.05) is 0 Å². The van der Waals surface area contributed by atoms with E-state index in [4.69, 9.17) is 5.11 Å². The summed E-state index contributed by atoms with van der Waals surface area (Å²) < 4.78 is 0. The molecule has 2 aromatic rings. The van der Waals surface area contributed by atoms with Gasteiger partial charge in [-0.15, -0.1) is 0 Å². The Morgan fingerprint density at radius 2 is 1.93 bits per heavy atom. The fraction of sp³-hybridized carbons (Fsp3) is 0.0909. The van der Waals surface area contributed by atoms with Gasteiger partial charge in [-0.2, -0.15) is 0 Å². The summed E-state index contributed by atoms with van der Waals surface area (Å²) in [5, 5.41) is 9.63. The van der Waals surface area contributed by atoms with Crippen LogP contribution in [0.1, 0.15) is 5.69 Å². The van der Waals surface area contributed by atoms with Gasteiger partial charge in [0.05, 0.1) is 17.6 Å². The Morgan fingerprint density at radius 3 is 2.67 bits per heavy atom. The van der Waals surface area contributed by atoms with E-state index in [0.717, 1.165) is 10.9 Å². The molecule has 0 spiro atoms. The number of benzene rings is 1. The molecule has 4 heteroatoms. The lowest BCUT2D eigenvalue weighted by molar-refractivity contribution is -0.136. The Bertz CT molecular complexity index is 482. The number of carboxylic acids is 1. The molecular weight excluding hydrogens is 194 g/mol. The van der Waals surface area contributed by atoms with E-state index in [0.29, 0.717) is 5.69 Å². The lowest BCUT2D eigenvalue weighted by Crippen LogP contribution is -2.01. The predicted octanol–water partition coefficient (Wildman–Crippen LogP) is 1.04. The van der Waals surface area contributed by atoms with E-state index in [1.165, 1.54) is 0 Å². The Balaban J connectivity index is 0.00000112. The van der Waals surface area contributed by atoms with Gasteiger partial charge < -0.3 is 10.6 Å². The summed E-state index contributed by atoms with van der Waals surface area (Å²) in [5.41, 5.74) is 1.43. The molecule has 15 heavy (non-hydrogen) atoms. The lowest BCUT2D eigenvalue weighted by atomic mass is 10.2. The highest BCUT2D eigenvalue weighted by atomic mass is 16.4. The second-order valence-corrected chi connectivity index (χ2v) is 3.07. The Labute approximate surface area is 86.5 Å². The summed E-state index contributed by atoms with van der Waals surface area (Å²) >= 11 is 0. The summed E-state index contributed by atoms with van der Waals surface area (Å²) in [4.78, 5) is 14.7. The van der Waals surface area contributed by atoms with Gasteiger partial charge in [0.2, 0.25) is 0 Å². The maximum atomic E-state index is 10.5. The van der Waals surface area contributed by atoms with E-state index >= 15 is 0 Å². The first kappa shape index (κ1) is 11.1. The summed E-state index contributed by atoms with van der Waals surface area (Å²) in [6, 6.07) is 11.3. The molecule has 2 rings (SSSR count). The van der Waals surface area contributed by atoms with Crippen LogP contribution in [0.3, 0.4) is 0 Å². The number of carboxylic acid groups (broad SMARTS) is 1. The van der Waals surface area contributed by atoms with Gasteiger partial charge in [0.25, 0.3) is 0 Å². The second kappa shape index (κ2) is 4.52. The molecule has 3 N–H and O–H groups in total. The zero-order valence-corrected chi connectivity index (χ0v) is 7.97. The van der Waals surface area contributed by atoms with Crippen LogP contribution in [0.15, 0.2) is 36.4 Å². The zero-order chi connectivity index (χ0) is 9.97. The Kier molecular flexibility index (Phi) is 3.36. The van der Waals surface area contributed by atoms with Gasteiger partial charge in [-0.25, -0.2) is 0 Å². The summed E-state index contributed by atoms with van der Waals surface area (Å²) in [7, 11) is 0. The van der Waals surface area contributed by atoms with Crippen molar-refractivity contribution in [1.29, 1.82) is 0 Å². The first-order chi connectivity index (χ1) is 6.75. The van der Waals surface area contributed by atoms with Crippen LogP contribution < -0.4 is 0 Å². The van der Waals surface area contributed by atoms with Crippen LogP contribution in [0.25, 0.3) is 10.9 Å².